The van der Waals surface area contributed by atoms with Crippen molar-refractivity contribution >= 4 is 30.4 Å². The van der Waals surface area contributed by atoms with Crippen LogP contribution in [0.3, 0.4) is 0 Å². The van der Waals surface area contributed by atoms with Gasteiger partial charge in [0.2, 0.25) is 5.91 Å². The number of nitrogens with one attached hydrogen (secondary N) is 1. The van der Waals surface area contributed by atoms with Gasteiger partial charge in [0.15, 0.2) is 5.78 Å². The number of thiol groups is 1. The van der Waals surface area contributed by atoms with Gasteiger partial charge in [-0.3, -0.25) is 19.7 Å². The van der Waals surface area contributed by atoms with E-state index in [0.717, 1.165) is 30.5 Å². The second-order valence-electron chi connectivity index (χ2n) is 8.97. The van der Waals surface area contributed by atoms with Gasteiger partial charge in [0, 0.05) is 42.8 Å². The number of likely N-dealkylation sites (tertiary alicyclic amines) is 1. The van der Waals surface area contributed by atoms with Crippen molar-refractivity contribution < 1.29 is 19.2 Å². The number of benzene rings is 1. The van der Waals surface area contributed by atoms with Crippen LogP contribution in [0.15, 0.2) is 36.0 Å². The molecular formula is C24H30FN5O3S. The summed E-state index contributed by atoms with van der Waals surface area (Å²) < 4.78 is 16.5. The molecule has 34 heavy (non-hydrogen) atoms. The SMILES string of the molecule is O=C(CCCCn1nncc1/C=C1/CN(C(C(=O)C2CC2)c2ccccc2F)CCC1S)NO. The van der Waals surface area contributed by atoms with Gasteiger partial charge in [0.25, 0.3) is 0 Å². The largest absolute Gasteiger partial charge is 0.297 e. The Morgan fingerprint density at radius 3 is 2.79 bits per heavy atom. The number of rotatable bonds is 10. The molecule has 2 fully saturated rings. The fourth-order valence-electron chi connectivity index (χ4n) is 4.42. The summed E-state index contributed by atoms with van der Waals surface area (Å²) in [5.41, 5.74) is 3.92. The zero-order valence-electron chi connectivity index (χ0n) is 18.9. The molecule has 2 aliphatic rings. The second kappa shape index (κ2) is 11.2. The average molecular weight is 488 g/mol. The van der Waals surface area contributed by atoms with Crippen LogP contribution >= 0.6 is 12.6 Å². The smallest absolute Gasteiger partial charge is 0.243 e. The monoisotopic (exact) mass is 487 g/mol. The maximum atomic E-state index is 14.7. The van der Waals surface area contributed by atoms with E-state index in [2.05, 4.69) is 15.2 Å². The van der Waals surface area contributed by atoms with Crippen molar-refractivity contribution in [2.24, 2.45) is 5.92 Å². The number of aryl methyl sites for hydroxylation is 1. The van der Waals surface area contributed by atoms with Gasteiger partial charge in [-0.15, -0.1) is 5.10 Å². The molecule has 1 aromatic carbocycles. The molecule has 2 unspecified atom stereocenters. The molecule has 1 amide bonds. The van der Waals surface area contributed by atoms with Gasteiger partial charge in [-0.05, 0) is 49.8 Å². The number of nitrogens with zero attached hydrogens (tertiary/aromatic N) is 4. The van der Waals surface area contributed by atoms with E-state index in [1.54, 1.807) is 34.6 Å². The molecule has 0 bridgehead atoms. The van der Waals surface area contributed by atoms with E-state index >= 15 is 0 Å². The predicted octanol–water partition coefficient (Wildman–Crippen LogP) is 3.20. The van der Waals surface area contributed by atoms with Gasteiger partial charge >= 0.3 is 0 Å². The van der Waals surface area contributed by atoms with Crippen molar-refractivity contribution in [3.8, 4) is 0 Å². The Kier molecular flexibility index (Phi) is 8.12. The quantitative estimate of drug-likeness (QED) is 0.206. The molecule has 10 heteroatoms. The number of hydrogen-bond acceptors (Lipinski definition) is 7. The molecule has 0 spiro atoms. The second-order valence-corrected chi connectivity index (χ2v) is 9.59. The third kappa shape index (κ3) is 5.92. The summed E-state index contributed by atoms with van der Waals surface area (Å²) >= 11 is 4.77. The molecule has 2 aromatic rings. The number of piperidine rings is 1. The van der Waals surface area contributed by atoms with Crippen LogP contribution in [0, 0.1) is 11.7 Å². The summed E-state index contributed by atoms with van der Waals surface area (Å²) in [6, 6.07) is 5.96. The summed E-state index contributed by atoms with van der Waals surface area (Å²) in [6.45, 7) is 1.75. The normalized spacial score (nSPS) is 20.9. The minimum Gasteiger partial charge on any atom is -0.297 e. The number of carbonyl (C=O) groups is 2. The lowest BCUT2D eigenvalue weighted by Gasteiger charge is -2.37. The van der Waals surface area contributed by atoms with E-state index in [1.807, 2.05) is 6.08 Å². The first-order valence-electron chi connectivity index (χ1n) is 11.7. The Morgan fingerprint density at radius 2 is 2.06 bits per heavy atom. The minimum atomic E-state index is -0.598. The number of Topliss-reactive ketones (excluding diaryl/α,β-unsaturated/α-hetero) is 1. The van der Waals surface area contributed by atoms with E-state index in [0.29, 0.717) is 38.0 Å². The lowest BCUT2D eigenvalue weighted by molar-refractivity contribution is -0.129. The topological polar surface area (TPSA) is 100 Å². The fourth-order valence-corrected chi connectivity index (χ4v) is 4.69. The van der Waals surface area contributed by atoms with Crippen molar-refractivity contribution in [2.45, 2.75) is 56.4 Å². The van der Waals surface area contributed by atoms with Gasteiger partial charge in [-0.1, -0.05) is 23.4 Å². The molecule has 0 radical (unpaired) electrons. The van der Waals surface area contributed by atoms with E-state index in [4.69, 9.17) is 17.8 Å². The van der Waals surface area contributed by atoms with E-state index in [-0.39, 0.29) is 29.2 Å². The molecule has 4 rings (SSSR count). The van der Waals surface area contributed by atoms with Crippen LogP contribution in [0.2, 0.25) is 0 Å². The van der Waals surface area contributed by atoms with Crippen LogP contribution in [0.25, 0.3) is 6.08 Å². The predicted molar refractivity (Wildman–Crippen MR) is 128 cm³/mol. The van der Waals surface area contributed by atoms with Crippen LogP contribution in [0.5, 0.6) is 0 Å². The number of amides is 1. The maximum Gasteiger partial charge on any atom is 0.243 e. The Labute approximate surface area is 203 Å². The van der Waals surface area contributed by atoms with E-state index in [9.17, 15) is 14.0 Å². The Bertz CT molecular complexity index is 1050. The van der Waals surface area contributed by atoms with E-state index in [1.165, 1.54) is 6.07 Å². The van der Waals surface area contributed by atoms with Gasteiger partial charge in [0.05, 0.1) is 17.9 Å². The molecule has 182 valence electrons. The fraction of sp³-hybridized carbons (Fsp3) is 0.500. The van der Waals surface area contributed by atoms with Gasteiger partial charge in [0.1, 0.15) is 5.82 Å². The summed E-state index contributed by atoms with van der Waals surface area (Å²) in [4.78, 5) is 26.5. The summed E-state index contributed by atoms with van der Waals surface area (Å²) in [5.74, 6) is -0.645. The molecule has 2 atom stereocenters. The molecule has 1 aliphatic carbocycles. The first-order chi connectivity index (χ1) is 16.5. The Balaban J connectivity index is 1.50. The summed E-state index contributed by atoms with van der Waals surface area (Å²) in [6.07, 6.45) is 7.73. The number of ketones is 1. The highest BCUT2D eigenvalue weighted by molar-refractivity contribution is 7.81. The average Bonchev–Trinajstić information content (AvgIpc) is 3.60. The molecule has 1 aromatic heterocycles. The molecule has 2 heterocycles. The number of halogens is 1. The third-order valence-corrected chi connectivity index (χ3v) is 7.04. The van der Waals surface area contributed by atoms with Crippen molar-refractivity contribution in [3.05, 3.63) is 53.1 Å². The lowest BCUT2D eigenvalue weighted by Crippen LogP contribution is -2.42. The van der Waals surface area contributed by atoms with Crippen molar-refractivity contribution in [2.75, 3.05) is 13.1 Å². The van der Waals surface area contributed by atoms with Crippen LogP contribution in [0.1, 0.15) is 55.8 Å². The number of hydrogen-bond donors (Lipinski definition) is 3. The highest BCUT2D eigenvalue weighted by atomic mass is 32.1. The highest BCUT2D eigenvalue weighted by Crippen LogP contribution is 2.39. The van der Waals surface area contributed by atoms with Gasteiger partial charge in [-0.2, -0.15) is 12.6 Å². The molecule has 1 saturated heterocycles. The van der Waals surface area contributed by atoms with Crippen molar-refractivity contribution in [1.29, 1.82) is 0 Å². The Hall–Kier alpha value is -2.56. The number of unbranched alkanes of at least 4 members (excludes halogenated alkanes) is 1. The lowest BCUT2D eigenvalue weighted by atomic mass is 9.93. The highest BCUT2D eigenvalue weighted by Gasteiger charge is 2.40. The number of hydroxylamine groups is 1. The molecule has 2 N–H and O–H groups in total. The third-order valence-electron chi connectivity index (χ3n) is 6.45. The van der Waals surface area contributed by atoms with Crippen molar-refractivity contribution in [1.82, 2.24) is 25.4 Å². The first-order valence-corrected chi connectivity index (χ1v) is 12.2. The standard InChI is InChI=1S/C24H30FN5O3S/c25-20-6-2-1-5-19(20)23(24(32)16-8-9-16)29-12-10-21(34)17(15-29)13-18-14-26-28-30(18)11-4-3-7-22(31)27-33/h1-2,5-6,13-14,16,21,23,33-34H,3-4,7-12,15H2,(H,27,31)/b17-13-. The van der Waals surface area contributed by atoms with Gasteiger partial charge in [-0.25, -0.2) is 14.6 Å². The van der Waals surface area contributed by atoms with Crippen LogP contribution in [0.4, 0.5) is 4.39 Å². The molecule has 1 aliphatic heterocycles. The van der Waals surface area contributed by atoms with Crippen molar-refractivity contribution in [3.63, 3.8) is 0 Å². The molecule has 8 nitrogen and oxygen atoms in total. The first kappa shape index (κ1) is 24.6. The van der Waals surface area contributed by atoms with Crippen LogP contribution < -0.4 is 5.48 Å². The molecular weight excluding hydrogens is 457 g/mol. The maximum absolute atomic E-state index is 14.7. The number of aromatic nitrogens is 3. The van der Waals surface area contributed by atoms with E-state index < -0.39 is 11.9 Å². The minimum absolute atomic E-state index is 0.0179. The zero-order chi connectivity index (χ0) is 24.1. The summed E-state index contributed by atoms with van der Waals surface area (Å²) in [5, 5.41) is 16.8. The molecule has 1 saturated carbocycles. The zero-order valence-corrected chi connectivity index (χ0v) is 19.8. The van der Waals surface area contributed by atoms with Crippen LogP contribution in [-0.4, -0.2) is 55.1 Å². The Morgan fingerprint density at radius 1 is 1.26 bits per heavy atom. The summed E-state index contributed by atoms with van der Waals surface area (Å²) in [7, 11) is 0. The van der Waals surface area contributed by atoms with Gasteiger partial charge < -0.3 is 0 Å². The number of carbonyl (C=O) groups excluding carboxylic acids is 2. The van der Waals surface area contributed by atoms with Crippen LogP contribution in [-0.2, 0) is 16.1 Å².